The summed E-state index contributed by atoms with van der Waals surface area (Å²) in [5.74, 6) is -0.584. The van der Waals surface area contributed by atoms with E-state index in [1.807, 2.05) is 12.1 Å². The fraction of sp³-hybridized carbons (Fsp3) is 0.333. The molecule has 1 nitrogen and oxygen atoms in total. The largest absolute Gasteiger partial charge is 0.383 e. The van der Waals surface area contributed by atoms with Gasteiger partial charge >= 0.3 is 0 Å². The average Bonchev–Trinajstić information content (AvgIpc) is 2.85. The van der Waals surface area contributed by atoms with Gasteiger partial charge in [0, 0.05) is 19.8 Å². The fourth-order valence-electron chi connectivity index (χ4n) is 1.81. The molecule has 1 N–H and O–H groups in total. The Labute approximate surface area is 135 Å². The molecule has 108 valence electrons. The van der Waals surface area contributed by atoms with E-state index in [1.54, 1.807) is 12.1 Å². The molecule has 1 unspecified atom stereocenters. The quantitative estimate of drug-likeness (QED) is 0.667. The van der Waals surface area contributed by atoms with Gasteiger partial charge in [0.25, 0.3) is 0 Å². The first kappa shape index (κ1) is 16.0. The first-order valence-corrected chi connectivity index (χ1v) is 8.12. The van der Waals surface area contributed by atoms with Gasteiger partial charge in [-0.25, -0.2) is 4.39 Å². The molecule has 1 heterocycles. The van der Waals surface area contributed by atoms with Crippen LogP contribution in [0.25, 0.3) is 0 Å². The lowest BCUT2D eigenvalue weighted by Crippen LogP contribution is -2.08. The molecular weight excluding hydrogens is 363 g/mol. The van der Waals surface area contributed by atoms with E-state index in [0.717, 1.165) is 4.88 Å². The average molecular weight is 378 g/mol. The van der Waals surface area contributed by atoms with Crippen LogP contribution in [-0.2, 0) is 5.41 Å². The van der Waals surface area contributed by atoms with Crippen LogP contribution in [0.5, 0.6) is 0 Å². The van der Waals surface area contributed by atoms with E-state index < -0.39 is 11.9 Å². The van der Waals surface area contributed by atoms with Gasteiger partial charge in [-0.05, 0) is 39.5 Å². The molecule has 0 spiro atoms. The molecule has 0 bridgehead atoms. The van der Waals surface area contributed by atoms with Crippen molar-refractivity contribution in [2.24, 2.45) is 0 Å². The molecule has 0 aliphatic carbocycles. The topological polar surface area (TPSA) is 20.2 Å². The summed E-state index contributed by atoms with van der Waals surface area (Å²) in [7, 11) is 0. The summed E-state index contributed by atoms with van der Waals surface area (Å²) in [6, 6.07) is 7.00. The highest BCUT2D eigenvalue weighted by atomic mass is 79.9. The maximum absolute atomic E-state index is 14.1. The van der Waals surface area contributed by atoms with Crippen LogP contribution in [0, 0.1) is 5.82 Å². The minimum atomic E-state index is -0.998. The third-order valence-corrected chi connectivity index (χ3v) is 5.82. The molecule has 0 aliphatic rings. The normalized spacial score (nSPS) is 13.6. The molecular formula is C15H15BrClFOS. The Morgan fingerprint density at radius 2 is 1.90 bits per heavy atom. The second-order valence-electron chi connectivity index (χ2n) is 5.62. The van der Waals surface area contributed by atoms with Crippen molar-refractivity contribution in [3.63, 3.8) is 0 Å². The third-order valence-electron chi connectivity index (χ3n) is 3.00. The van der Waals surface area contributed by atoms with Crippen LogP contribution < -0.4 is 0 Å². The Bertz CT molecular complexity index is 633. The maximum Gasteiger partial charge on any atom is 0.149 e. The standard InChI is InChI=1S/C15H15BrClFOS/c1-15(2,3)11-7-6-10(20-11)14(19)8-4-5-9(16)12(17)13(8)18/h4-7,14,19H,1-3H3. The summed E-state index contributed by atoms with van der Waals surface area (Å²) in [6.45, 7) is 6.31. The van der Waals surface area contributed by atoms with Gasteiger partial charge in [-0.1, -0.05) is 38.4 Å². The number of aliphatic hydroxyl groups is 1. The van der Waals surface area contributed by atoms with Gasteiger partial charge in [0.1, 0.15) is 11.9 Å². The van der Waals surface area contributed by atoms with Crippen molar-refractivity contribution in [3.8, 4) is 0 Å². The summed E-state index contributed by atoms with van der Waals surface area (Å²) < 4.78 is 14.6. The molecule has 1 aromatic carbocycles. The van der Waals surface area contributed by atoms with Gasteiger partial charge < -0.3 is 5.11 Å². The highest BCUT2D eigenvalue weighted by molar-refractivity contribution is 9.10. The first-order valence-electron chi connectivity index (χ1n) is 6.13. The van der Waals surface area contributed by atoms with Crippen LogP contribution in [0.1, 0.15) is 42.2 Å². The first-order chi connectivity index (χ1) is 9.21. The van der Waals surface area contributed by atoms with E-state index >= 15 is 0 Å². The molecule has 0 saturated heterocycles. The highest BCUT2D eigenvalue weighted by Crippen LogP contribution is 2.37. The summed E-state index contributed by atoms with van der Waals surface area (Å²) in [5, 5.41) is 10.4. The number of thiophene rings is 1. The smallest absolute Gasteiger partial charge is 0.149 e. The molecule has 5 heteroatoms. The second kappa shape index (κ2) is 5.76. The Hall–Kier alpha value is -0.420. The van der Waals surface area contributed by atoms with Gasteiger partial charge in [0.05, 0.1) is 5.02 Å². The van der Waals surface area contributed by atoms with E-state index in [2.05, 4.69) is 36.7 Å². The van der Waals surface area contributed by atoms with E-state index in [0.29, 0.717) is 9.35 Å². The van der Waals surface area contributed by atoms with Crippen molar-refractivity contribution in [2.45, 2.75) is 32.3 Å². The molecule has 0 aliphatic heterocycles. The Morgan fingerprint density at radius 1 is 1.25 bits per heavy atom. The van der Waals surface area contributed by atoms with Crippen LogP contribution in [0.4, 0.5) is 4.39 Å². The number of rotatable bonds is 2. The van der Waals surface area contributed by atoms with Gasteiger partial charge in [0.2, 0.25) is 0 Å². The second-order valence-corrected chi connectivity index (χ2v) is 7.97. The Balaban J connectivity index is 2.39. The molecule has 20 heavy (non-hydrogen) atoms. The number of halogens is 3. The van der Waals surface area contributed by atoms with Crippen molar-refractivity contribution < 1.29 is 9.50 Å². The lowest BCUT2D eigenvalue weighted by atomic mass is 9.95. The van der Waals surface area contributed by atoms with Crippen molar-refractivity contribution in [2.75, 3.05) is 0 Å². The monoisotopic (exact) mass is 376 g/mol. The summed E-state index contributed by atoms with van der Waals surface area (Å²) in [4.78, 5) is 1.86. The Kier molecular flexibility index (Phi) is 4.59. The van der Waals surface area contributed by atoms with Gasteiger partial charge in [-0.3, -0.25) is 0 Å². The van der Waals surface area contributed by atoms with Gasteiger partial charge in [0.15, 0.2) is 0 Å². The molecule has 0 fully saturated rings. The summed E-state index contributed by atoms with van der Waals surface area (Å²) in [6.07, 6.45) is -0.998. The lowest BCUT2D eigenvalue weighted by Gasteiger charge is -2.16. The van der Waals surface area contributed by atoms with Crippen LogP contribution in [0.3, 0.4) is 0 Å². The molecule has 2 aromatic rings. The van der Waals surface area contributed by atoms with Crippen molar-refractivity contribution in [3.05, 3.63) is 54.9 Å². The van der Waals surface area contributed by atoms with Crippen molar-refractivity contribution in [1.29, 1.82) is 0 Å². The Morgan fingerprint density at radius 3 is 2.45 bits per heavy atom. The number of hydrogen-bond acceptors (Lipinski definition) is 2. The molecule has 1 aromatic heterocycles. The van der Waals surface area contributed by atoms with Crippen LogP contribution in [0.15, 0.2) is 28.7 Å². The molecule has 1 atom stereocenters. The molecule has 0 radical (unpaired) electrons. The predicted molar refractivity (Wildman–Crippen MR) is 86.2 cm³/mol. The predicted octanol–water partition coefficient (Wildman–Crippen LogP) is 5.68. The number of aliphatic hydroxyl groups excluding tert-OH is 1. The number of benzene rings is 1. The van der Waals surface area contributed by atoms with Crippen LogP contribution in [-0.4, -0.2) is 5.11 Å². The van der Waals surface area contributed by atoms with E-state index in [1.165, 1.54) is 11.3 Å². The zero-order valence-electron chi connectivity index (χ0n) is 11.4. The summed E-state index contributed by atoms with van der Waals surface area (Å²) in [5.41, 5.74) is 0.207. The minimum absolute atomic E-state index is 0.00542. The maximum atomic E-state index is 14.1. The molecule has 0 saturated carbocycles. The van der Waals surface area contributed by atoms with E-state index in [9.17, 15) is 9.50 Å². The number of hydrogen-bond donors (Lipinski definition) is 1. The van der Waals surface area contributed by atoms with Crippen LogP contribution >= 0.6 is 38.9 Å². The molecule has 0 amide bonds. The van der Waals surface area contributed by atoms with Crippen LogP contribution in [0.2, 0.25) is 5.02 Å². The SMILES string of the molecule is CC(C)(C)c1ccc(C(O)c2ccc(Br)c(Cl)c2F)s1. The highest BCUT2D eigenvalue weighted by Gasteiger charge is 2.22. The fourth-order valence-corrected chi connectivity index (χ4v) is 3.36. The lowest BCUT2D eigenvalue weighted by molar-refractivity contribution is 0.219. The van der Waals surface area contributed by atoms with Crippen molar-refractivity contribution >= 4 is 38.9 Å². The van der Waals surface area contributed by atoms with Gasteiger partial charge in [-0.15, -0.1) is 11.3 Å². The van der Waals surface area contributed by atoms with E-state index in [4.69, 9.17) is 11.6 Å². The summed E-state index contributed by atoms with van der Waals surface area (Å²) >= 11 is 10.5. The third kappa shape index (κ3) is 3.08. The van der Waals surface area contributed by atoms with E-state index in [-0.39, 0.29) is 16.0 Å². The molecule has 2 rings (SSSR count). The van der Waals surface area contributed by atoms with Gasteiger partial charge in [-0.2, -0.15) is 0 Å². The zero-order valence-corrected chi connectivity index (χ0v) is 14.5. The van der Waals surface area contributed by atoms with Crippen molar-refractivity contribution in [1.82, 2.24) is 0 Å². The zero-order chi connectivity index (χ0) is 15.1. The minimum Gasteiger partial charge on any atom is -0.383 e.